The SMILES string of the molecule is C=N/C=C(C)\C(=N/CNc1ccc(C)nc1)Nc1cccc(SNC(C)(C)C)c1. The van der Waals surface area contributed by atoms with Crippen LogP contribution in [0.3, 0.4) is 0 Å². The summed E-state index contributed by atoms with van der Waals surface area (Å²) in [4.78, 5) is 13.9. The van der Waals surface area contributed by atoms with Crippen LogP contribution in [0, 0.1) is 6.92 Å². The van der Waals surface area contributed by atoms with Crippen molar-refractivity contribution in [3.05, 3.63) is 60.1 Å². The molecular weight excluding hydrogens is 380 g/mol. The molecule has 2 aromatic rings. The zero-order valence-corrected chi connectivity index (χ0v) is 18.6. The predicted molar refractivity (Wildman–Crippen MR) is 127 cm³/mol. The lowest BCUT2D eigenvalue weighted by Crippen LogP contribution is -2.29. The maximum atomic E-state index is 4.66. The average molecular weight is 411 g/mol. The molecule has 0 atom stereocenters. The van der Waals surface area contributed by atoms with Crippen molar-refractivity contribution < 1.29 is 0 Å². The zero-order valence-electron chi connectivity index (χ0n) is 17.8. The second-order valence-corrected chi connectivity index (χ2v) is 8.51. The van der Waals surface area contributed by atoms with Gasteiger partial charge in [0.25, 0.3) is 0 Å². The average Bonchev–Trinajstić information content (AvgIpc) is 2.67. The molecule has 1 heterocycles. The van der Waals surface area contributed by atoms with E-state index in [1.54, 1.807) is 24.3 Å². The number of aliphatic imine (C=N–C) groups is 2. The van der Waals surface area contributed by atoms with Gasteiger partial charge in [0.2, 0.25) is 0 Å². The van der Waals surface area contributed by atoms with E-state index in [9.17, 15) is 0 Å². The van der Waals surface area contributed by atoms with Crippen molar-refractivity contribution in [3.63, 3.8) is 0 Å². The quantitative estimate of drug-likeness (QED) is 0.314. The molecule has 0 unspecified atom stereocenters. The van der Waals surface area contributed by atoms with Gasteiger partial charge in [0.15, 0.2) is 0 Å². The van der Waals surface area contributed by atoms with Gasteiger partial charge >= 0.3 is 0 Å². The van der Waals surface area contributed by atoms with Crippen molar-refractivity contribution in [1.82, 2.24) is 9.71 Å². The number of pyridine rings is 1. The lowest BCUT2D eigenvalue weighted by atomic mass is 10.1. The fraction of sp³-hybridized carbons (Fsp3) is 0.318. The first-order valence-corrected chi connectivity index (χ1v) is 10.2. The second kappa shape index (κ2) is 10.8. The number of hydrogen-bond acceptors (Lipinski definition) is 6. The second-order valence-electron chi connectivity index (χ2n) is 7.63. The van der Waals surface area contributed by atoms with Gasteiger partial charge in [-0.1, -0.05) is 6.07 Å². The van der Waals surface area contributed by atoms with E-state index in [-0.39, 0.29) is 5.54 Å². The molecule has 29 heavy (non-hydrogen) atoms. The molecule has 3 N–H and O–H groups in total. The Morgan fingerprint density at radius 1 is 1.21 bits per heavy atom. The molecule has 1 aromatic heterocycles. The molecule has 154 valence electrons. The number of amidine groups is 1. The molecule has 0 fully saturated rings. The molecule has 0 saturated carbocycles. The molecular formula is C22H30N6S. The first kappa shape index (κ1) is 22.6. The molecule has 1 aromatic carbocycles. The molecule has 0 bridgehead atoms. The van der Waals surface area contributed by atoms with E-state index >= 15 is 0 Å². The minimum absolute atomic E-state index is 0.0339. The molecule has 7 heteroatoms. The van der Waals surface area contributed by atoms with Crippen molar-refractivity contribution in [1.29, 1.82) is 0 Å². The van der Waals surface area contributed by atoms with Crippen LogP contribution in [-0.4, -0.2) is 29.7 Å². The van der Waals surface area contributed by atoms with Crippen LogP contribution >= 0.6 is 11.9 Å². The molecule has 0 aliphatic rings. The Bertz CT molecular complexity index is 866. The number of anilines is 2. The number of hydrogen-bond donors (Lipinski definition) is 3. The Morgan fingerprint density at radius 3 is 2.66 bits per heavy atom. The van der Waals surface area contributed by atoms with Crippen molar-refractivity contribution in [2.24, 2.45) is 9.98 Å². The van der Waals surface area contributed by atoms with E-state index in [0.29, 0.717) is 6.67 Å². The van der Waals surface area contributed by atoms with Crippen LogP contribution in [0.15, 0.2) is 69.2 Å². The van der Waals surface area contributed by atoms with Gasteiger partial charge in [-0.25, -0.2) is 4.99 Å². The van der Waals surface area contributed by atoms with Gasteiger partial charge in [0.1, 0.15) is 12.5 Å². The fourth-order valence-electron chi connectivity index (χ4n) is 2.23. The van der Waals surface area contributed by atoms with Gasteiger partial charge in [-0.2, -0.15) is 0 Å². The smallest absolute Gasteiger partial charge is 0.131 e. The van der Waals surface area contributed by atoms with E-state index < -0.39 is 0 Å². The summed E-state index contributed by atoms with van der Waals surface area (Å²) in [6, 6.07) is 12.2. The van der Waals surface area contributed by atoms with Crippen molar-refractivity contribution in [2.45, 2.75) is 45.1 Å². The third-order valence-corrected chi connectivity index (χ3v) is 4.87. The highest BCUT2D eigenvalue weighted by molar-refractivity contribution is 7.97. The highest BCUT2D eigenvalue weighted by atomic mass is 32.2. The summed E-state index contributed by atoms with van der Waals surface area (Å²) < 4.78 is 3.43. The molecule has 0 spiro atoms. The van der Waals surface area contributed by atoms with Gasteiger partial charge in [-0.15, -0.1) is 0 Å². The maximum Gasteiger partial charge on any atom is 0.131 e. The summed E-state index contributed by atoms with van der Waals surface area (Å²) in [6.45, 7) is 14.3. The molecule has 6 nitrogen and oxygen atoms in total. The number of aryl methyl sites for hydroxylation is 1. The van der Waals surface area contributed by atoms with Crippen LogP contribution in [0.5, 0.6) is 0 Å². The zero-order chi connectivity index (χ0) is 21.3. The summed E-state index contributed by atoms with van der Waals surface area (Å²) in [7, 11) is 0. The van der Waals surface area contributed by atoms with Gasteiger partial charge in [-0.3, -0.25) is 14.7 Å². The van der Waals surface area contributed by atoms with E-state index in [1.165, 1.54) is 0 Å². The lowest BCUT2D eigenvalue weighted by molar-refractivity contribution is 0.535. The van der Waals surface area contributed by atoms with Gasteiger partial charge in [0, 0.05) is 33.6 Å². The third-order valence-electron chi connectivity index (χ3n) is 3.66. The van der Waals surface area contributed by atoms with Crippen LogP contribution in [0.25, 0.3) is 0 Å². The predicted octanol–water partition coefficient (Wildman–Crippen LogP) is 5.27. The van der Waals surface area contributed by atoms with Crippen LogP contribution in [0.1, 0.15) is 33.4 Å². The molecule has 0 aliphatic carbocycles. The minimum atomic E-state index is 0.0339. The van der Waals surface area contributed by atoms with Crippen molar-refractivity contribution >= 4 is 35.9 Å². The molecule has 0 saturated heterocycles. The Balaban J connectivity index is 2.10. The van der Waals surface area contributed by atoms with Gasteiger partial charge in [-0.05, 0) is 83.6 Å². The van der Waals surface area contributed by atoms with Gasteiger partial charge in [0.05, 0.1) is 11.9 Å². The Morgan fingerprint density at radius 2 is 2.00 bits per heavy atom. The van der Waals surface area contributed by atoms with Crippen LogP contribution in [0.4, 0.5) is 11.4 Å². The largest absolute Gasteiger partial charge is 0.365 e. The minimum Gasteiger partial charge on any atom is -0.365 e. The van der Waals surface area contributed by atoms with E-state index in [1.807, 2.05) is 38.1 Å². The highest BCUT2D eigenvalue weighted by Gasteiger charge is 2.10. The Labute approximate surface area is 178 Å². The van der Waals surface area contributed by atoms with Crippen LogP contribution < -0.4 is 15.4 Å². The lowest BCUT2D eigenvalue weighted by Gasteiger charge is -2.19. The third kappa shape index (κ3) is 8.50. The van der Waals surface area contributed by atoms with Gasteiger partial charge < -0.3 is 10.6 Å². The number of nitrogens with one attached hydrogen (secondary N) is 3. The first-order chi connectivity index (χ1) is 13.8. The highest BCUT2D eigenvalue weighted by Crippen LogP contribution is 2.22. The molecule has 0 radical (unpaired) electrons. The summed E-state index contributed by atoms with van der Waals surface area (Å²) >= 11 is 1.61. The summed E-state index contributed by atoms with van der Waals surface area (Å²) in [5, 5.41) is 6.65. The summed E-state index contributed by atoms with van der Waals surface area (Å²) in [5.41, 5.74) is 3.80. The van der Waals surface area contributed by atoms with Crippen LogP contribution in [-0.2, 0) is 0 Å². The fourth-order valence-corrected chi connectivity index (χ4v) is 2.99. The topological polar surface area (TPSA) is 73.7 Å². The van der Waals surface area contributed by atoms with Crippen molar-refractivity contribution in [2.75, 3.05) is 17.3 Å². The van der Waals surface area contributed by atoms with E-state index in [2.05, 4.69) is 69.9 Å². The monoisotopic (exact) mass is 410 g/mol. The normalized spacial score (nSPS) is 12.6. The molecule has 0 aliphatic heterocycles. The maximum absolute atomic E-state index is 4.66. The first-order valence-electron chi connectivity index (χ1n) is 9.42. The summed E-state index contributed by atoms with van der Waals surface area (Å²) in [6.07, 6.45) is 3.49. The number of rotatable bonds is 8. The van der Waals surface area contributed by atoms with Crippen LogP contribution in [0.2, 0.25) is 0 Å². The number of benzene rings is 1. The molecule has 2 rings (SSSR count). The molecule has 0 amide bonds. The van der Waals surface area contributed by atoms with Crippen molar-refractivity contribution in [3.8, 4) is 0 Å². The summed E-state index contributed by atoms with van der Waals surface area (Å²) in [5.74, 6) is 0.732. The standard InChI is InChI=1S/C22H30N6S/c1-16(13-23-6)21(26-15-25-19-11-10-17(2)24-14-19)27-18-8-7-9-20(12-18)29-28-22(3,4)5/h7-14,25,28H,6,15H2,1-5H3,(H,26,27)/b16-13-. The van der Waals surface area contributed by atoms with E-state index in [4.69, 9.17) is 0 Å². The number of nitrogens with zero attached hydrogens (tertiary/aromatic N) is 3. The Kier molecular flexibility index (Phi) is 8.42. The number of aromatic nitrogens is 1. The Hall–Kier alpha value is -2.64. The van der Waals surface area contributed by atoms with E-state index in [0.717, 1.165) is 33.4 Å².